The highest BCUT2D eigenvalue weighted by Crippen LogP contribution is 2.01. The van der Waals surface area contributed by atoms with Crippen molar-refractivity contribution in [1.29, 1.82) is 0 Å². The van der Waals surface area contributed by atoms with Crippen LogP contribution < -0.4 is 5.90 Å². The number of nitrogens with two attached hydrogens (primary N) is 1. The Balaban J connectivity index is 4.21. The van der Waals surface area contributed by atoms with Gasteiger partial charge in [0.15, 0.2) is 0 Å². The molecule has 0 fully saturated rings. The average Bonchev–Trinajstić information content (AvgIpc) is 1.84. The second-order valence-electron chi connectivity index (χ2n) is 2.03. The molecule has 0 aliphatic heterocycles. The van der Waals surface area contributed by atoms with Crippen molar-refractivity contribution >= 4 is 5.97 Å². The van der Waals surface area contributed by atoms with Crippen LogP contribution in [0.25, 0.3) is 0 Å². The number of hydrogen-bond acceptors (Lipinski definition) is 3. The number of carbonyl (C=O) groups excluding carboxylic acids is 1. The van der Waals surface area contributed by atoms with Gasteiger partial charge in [-0.3, -0.25) is 0 Å². The average molecular weight is 129 g/mol. The van der Waals surface area contributed by atoms with Crippen molar-refractivity contribution in [2.24, 2.45) is 5.90 Å². The monoisotopic (exact) mass is 129 g/mol. The van der Waals surface area contributed by atoms with E-state index in [2.05, 4.69) is 10.7 Å². The normalized spacial score (nSPS) is 8.44. The Labute approximate surface area is 54.4 Å². The molecule has 0 heterocycles. The molecule has 0 aliphatic rings. The molecule has 0 rings (SSSR count). The largest absolute Gasteiger partial charge is 0.370 e. The van der Waals surface area contributed by atoms with Gasteiger partial charge < -0.3 is 4.84 Å². The van der Waals surface area contributed by atoms with Crippen molar-refractivity contribution in [3.05, 3.63) is 11.1 Å². The Hall–Kier alpha value is -0.830. The lowest BCUT2D eigenvalue weighted by atomic mass is 10.2. The Kier molecular flexibility index (Phi) is 2.95. The minimum atomic E-state index is -0.463. The molecule has 0 saturated carbocycles. The van der Waals surface area contributed by atoms with Gasteiger partial charge in [0.25, 0.3) is 0 Å². The lowest BCUT2D eigenvalue weighted by molar-refractivity contribution is -0.139. The maximum absolute atomic E-state index is 10.5. The number of allylic oxidation sites excluding steroid dienone is 1. The Bertz CT molecular complexity index is 145. The van der Waals surface area contributed by atoms with E-state index >= 15 is 0 Å². The fourth-order valence-corrected chi connectivity index (χ4v) is 0.293. The van der Waals surface area contributed by atoms with Crippen LogP contribution >= 0.6 is 0 Å². The van der Waals surface area contributed by atoms with Gasteiger partial charge in [0, 0.05) is 5.57 Å². The number of rotatable bonds is 1. The molecule has 0 amide bonds. The van der Waals surface area contributed by atoms with Crippen LogP contribution in [-0.2, 0) is 9.63 Å². The first-order valence-electron chi connectivity index (χ1n) is 2.64. The van der Waals surface area contributed by atoms with E-state index in [0.29, 0.717) is 5.57 Å². The topological polar surface area (TPSA) is 52.3 Å². The van der Waals surface area contributed by atoms with Crippen molar-refractivity contribution in [2.45, 2.75) is 20.8 Å². The van der Waals surface area contributed by atoms with E-state index in [-0.39, 0.29) is 0 Å². The standard InChI is InChI=1S/C6H11NO2/c1-4(2)5(3)6(8)9-7/h7H2,1-3H3. The van der Waals surface area contributed by atoms with Gasteiger partial charge >= 0.3 is 5.97 Å². The van der Waals surface area contributed by atoms with Gasteiger partial charge in [0.2, 0.25) is 0 Å². The van der Waals surface area contributed by atoms with Gasteiger partial charge in [-0.1, -0.05) is 5.57 Å². The molecule has 52 valence electrons. The third-order valence-electron chi connectivity index (χ3n) is 1.16. The maximum atomic E-state index is 10.5. The summed E-state index contributed by atoms with van der Waals surface area (Å²) in [5.41, 5.74) is 1.49. The minimum Gasteiger partial charge on any atom is -0.370 e. The van der Waals surface area contributed by atoms with E-state index in [4.69, 9.17) is 0 Å². The Morgan fingerprint density at radius 1 is 1.33 bits per heavy atom. The van der Waals surface area contributed by atoms with E-state index in [0.717, 1.165) is 5.57 Å². The number of hydrogen-bond donors (Lipinski definition) is 1. The minimum absolute atomic E-state index is 0.463. The van der Waals surface area contributed by atoms with Crippen LogP contribution in [0, 0.1) is 0 Å². The van der Waals surface area contributed by atoms with Gasteiger partial charge in [0.05, 0.1) is 0 Å². The van der Waals surface area contributed by atoms with Crippen LogP contribution in [0.4, 0.5) is 0 Å². The van der Waals surface area contributed by atoms with E-state index in [9.17, 15) is 4.79 Å². The molecule has 0 radical (unpaired) electrons. The number of carbonyl (C=O) groups is 1. The Morgan fingerprint density at radius 2 is 1.78 bits per heavy atom. The molecule has 3 heteroatoms. The zero-order valence-electron chi connectivity index (χ0n) is 5.89. The van der Waals surface area contributed by atoms with E-state index in [1.807, 2.05) is 13.8 Å². The van der Waals surface area contributed by atoms with Crippen molar-refractivity contribution < 1.29 is 9.63 Å². The molecule has 0 unspecified atom stereocenters. The fraction of sp³-hybridized carbons (Fsp3) is 0.500. The molecule has 0 saturated heterocycles. The van der Waals surface area contributed by atoms with E-state index in [1.54, 1.807) is 6.92 Å². The van der Waals surface area contributed by atoms with Crippen molar-refractivity contribution in [1.82, 2.24) is 0 Å². The van der Waals surface area contributed by atoms with Gasteiger partial charge in [0.1, 0.15) is 0 Å². The highest BCUT2D eigenvalue weighted by molar-refractivity contribution is 5.88. The second kappa shape index (κ2) is 3.25. The first kappa shape index (κ1) is 8.17. The van der Waals surface area contributed by atoms with Crippen LogP contribution in [0.2, 0.25) is 0 Å². The summed E-state index contributed by atoms with van der Waals surface area (Å²) in [6, 6.07) is 0. The molecule has 0 bridgehead atoms. The van der Waals surface area contributed by atoms with Crippen molar-refractivity contribution in [3.63, 3.8) is 0 Å². The fourth-order valence-electron chi connectivity index (χ4n) is 0.293. The van der Waals surface area contributed by atoms with Crippen LogP contribution in [0.3, 0.4) is 0 Å². The molecular formula is C6H11NO2. The molecular weight excluding hydrogens is 118 g/mol. The molecule has 3 nitrogen and oxygen atoms in total. The zero-order chi connectivity index (χ0) is 7.44. The predicted molar refractivity (Wildman–Crippen MR) is 34.3 cm³/mol. The molecule has 0 aromatic heterocycles. The summed E-state index contributed by atoms with van der Waals surface area (Å²) in [6.07, 6.45) is 0. The zero-order valence-corrected chi connectivity index (χ0v) is 5.89. The molecule has 0 aromatic rings. The smallest absolute Gasteiger partial charge is 0.352 e. The summed E-state index contributed by atoms with van der Waals surface area (Å²) in [7, 11) is 0. The summed E-state index contributed by atoms with van der Waals surface area (Å²) >= 11 is 0. The lowest BCUT2D eigenvalue weighted by Gasteiger charge is -1.97. The van der Waals surface area contributed by atoms with Crippen molar-refractivity contribution in [3.8, 4) is 0 Å². The van der Waals surface area contributed by atoms with Crippen LogP contribution in [-0.4, -0.2) is 5.97 Å². The molecule has 0 atom stereocenters. The quantitative estimate of drug-likeness (QED) is 0.420. The summed E-state index contributed by atoms with van der Waals surface area (Å²) in [4.78, 5) is 14.5. The van der Waals surface area contributed by atoms with Gasteiger partial charge in [-0.05, 0) is 20.8 Å². The summed E-state index contributed by atoms with van der Waals surface area (Å²) in [5.74, 6) is 4.16. The summed E-state index contributed by atoms with van der Waals surface area (Å²) in [6.45, 7) is 5.32. The predicted octanol–water partition coefficient (Wildman–Crippen LogP) is 0.760. The molecule has 0 aliphatic carbocycles. The molecule has 0 spiro atoms. The van der Waals surface area contributed by atoms with Gasteiger partial charge in [-0.25, -0.2) is 4.79 Å². The van der Waals surface area contributed by atoms with Gasteiger partial charge in [-0.15, -0.1) is 0 Å². The molecule has 2 N–H and O–H groups in total. The highest BCUT2D eigenvalue weighted by Gasteiger charge is 2.03. The summed E-state index contributed by atoms with van der Waals surface area (Å²) in [5, 5.41) is 0. The van der Waals surface area contributed by atoms with Crippen molar-refractivity contribution in [2.75, 3.05) is 0 Å². The first-order chi connectivity index (χ1) is 4.09. The van der Waals surface area contributed by atoms with Gasteiger partial charge in [-0.2, -0.15) is 5.90 Å². The third-order valence-corrected chi connectivity index (χ3v) is 1.16. The van der Waals surface area contributed by atoms with E-state index < -0.39 is 5.97 Å². The first-order valence-corrected chi connectivity index (χ1v) is 2.64. The van der Waals surface area contributed by atoms with Crippen LogP contribution in [0.15, 0.2) is 11.1 Å². The van der Waals surface area contributed by atoms with E-state index in [1.165, 1.54) is 0 Å². The van der Waals surface area contributed by atoms with Crippen LogP contribution in [0.5, 0.6) is 0 Å². The lowest BCUT2D eigenvalue weighted by Crippen LogP contribution is -2.11. The SMILES string of the molecule is CC(C)=C(C)C(=O)ON. The maximum Gasteiger partial charge on any atom is 0.352 e. The third kappa shape index (κ3) is 2.28. The highest BCUT2D eigenvalue weighted by atomic mass is 16.7. The second-order valence-corrected chi connectivity index (χ2v) is 2.03. The molecule has 0 aromatic carbocycles. The summed E-state index contributed by atoms with van der Waals surface area (Å²) < 4.78 is 0. The molecule has 9 heavy (non-hydrogen) atoms. The van der Waals surface area contributed by atoms with Crippen LogP contribution in [0.1, 0.15) is 20.8 Å². The Morgan fingerprint density at radius 3 is 1.89 bits per heavy atom.